The zero-order chi connectivity index (χ0) is 13.7. The van der Waals surface area contributed by atoms with Crippen LogP contribution in [0.5, 0.6) is 0 Å². The van der Waals surface area contributed by atoms with Gasteiger partial charge < -0.3 is 9.73 Å². The van der Waals surface area contributed by atoms with Crippen LogP contribution in [-0.2, 0) is 0 Å². The second-order valence-electron chi connectivity index (χ2n) is 4.55. The Morgan fingerprint density at radius 3 is 2.79 bits per heavy atom. The smallest absolute Gasteiger partial charge is 0.114 e. The van der Waals surface area contributed by atoms with Crippen molar-refractivity contribution in [1.29, 1.82) is 0 Å². The first-order valence-corrected chi connectivity index (χ1v) is 7.43. The van der Waals surface area contributed by atoms with E-state index in [-0.39, 0.29) is 0 Å². The molecule has 1 unspecified atom stereocenters. The van der Waals surface area contributed by atoms with Crippen molar-refractivity contribution in [3.8, 4) is 0 Å². The van der Waals surface area contributed by atoms with Crippen molar-refractivity contribution in [1.82, 2.24) is 10.3 Å². The van der Waals surface area contributed by atoms with E-state index < -0.39 is 0 Å². The van der Waals surface area contributed by atoms with E-state index in [9.17, 15) is 0 Å². The Morgan fingerprint density at radius 2 is 2.21 bits per heavy atom. The molecule has 4 heteroatoms. The summed E-state index contributed by atoms with van der Waals surface area (Å²) in [6, 6.07) is 6.53. The molecule has 0 amide bonds. The van der Waals surface area contributed by atoms with E-state index in [2.05, 4.69) is 36.3 Å². The van der Waals surface area contributed by atoms with E-state index in [1.54, 1.807) is 18.0 Å². The van der Waals surface area contributed by atoms with Gasteiger partial charge in [0.1, 0.15) is 10.8 Å². The highest BCUT2D eigenvalue weighted by molar-refractivity contribution is 7.99. The molecule has 1 N–H and O–H groups in total. The van der Waals surface area contributed by atoms with Gasteiger partial charge in [0.05, 0.1) is 11.2 Å². The molecule has 102 valence electrons. The number of aryl methyl sites for hydroxylation is 1. The average Bonchev–Trinajstić information content (AvgIpc) is 2.82. The molecule has 0 saturated heterocycles. The molecule has 0 bridgehead atoms. The predicted octanol–water partition coefficient (Wildman–Crippen LogP) is 4.19. The average molecular weight is 276 g/mol. The number of furan rings is 1. The fraction of sp³-hybridized carbons (Fsp3) is 0.400. The number of hydrogen-bond acceptors (Lipinski definition) is 4. The SMILES string of the molecule is CCCNC(C)c1ccc(Sc2ccoc2C)nc1. The Morgan fingerprint density at radius 1 is 1.37 bits per heavy atom. The maximum atomic E-state index is 5.28. The number of hydrogen-bond donors (Lipinski definition) is 1. The van der Waals surface area contributed by atoms with Crippen LogP contribution in [0.4, 0.5) is 0 Å². The van der Waals surface area contributed by atoms with Gasteiger partial charge in [0.15, 0.2) is 0 Å². The molecule has 2 aromatic heterocycles. The minimum Gasteiger partial charge on any atom is -0.468 e. The quantitative estimate of drug-likeness (QED) is 0.858. The summed E-state index contributed by atoms with van der Waals surface area (Å²) in [5.41, 5.74) is 1.22. The second kappa shape index (κ2) is 6.78. The Hall–Kier alpha value is -1.26. The lowest BCUT2D eigenvalue weighted by molar-refractivity contribution is 0.527. The van der Waals surface area contributed by atoms with Crippen LogP contribution < -0.4 is 5.32 Å². The molecule has 0 fully saturated rings. The highest BCUT2D eigenvalue weighted by Gasteiger charge is 2.07. The molecule has 0 saturated carbocycles. The fourth-order valence-electron chi connectivity index (χ4n) is 1.78. The molecule has 1 atom stereocenters. The van der Waals surface area contributed by atoms with Crippen LogP contribution in [0.15, 0.2) is 45.0 Å². The summed E-state index contributed by atoms with van der Waals surface area (Å²) in [7, 11) is 0. The van der Waals surface area contributed by atoms with Gasteiger partial charge >= 0.3 is 0 Å². The van der Waals surface area contributed by atoms with Gasteiger partial charge in [-0.2, -0.15) is 0 Å². The molecule has 19 heavy (non-hydrogen) atoms. The van der Waals surface area contributed by atoms with Crippen LogP contribution >= 0.6 is 11.8 Å². The summed E-state index contributed by atoms with van der Waals surface area (Å²) >= 11 is 1.63. The first kappa shape index (κ1) is 14.2. The van der Waals surface area contributed by atoms with Gasteiger partial charge in [0, 0.05) is 12.2 Å². The Balaban J connectivity index is 2.00. The van der Waals surface area contributed by atoms with E-state index >= 15 is 0 Å². The maximum Gasteiger partial charge on any atom is 0.114 e. The lowest BCUT2D eigenvalue weighted by Gasteiger charge is -2.13. The molecule has 2 heterocycles. The highest BCUT2D eigenvalue weighted by atomic mass is 32.2. The lowest BCUT2D eigenvalue weighted by atomic mass is 10.1. The number of pyridine rings is 1. The monoisotopic (exact) mass is 276 g/mol. The number of nitrogens with zero attached hydrogens (tertiary/aromatic N) is 1. The van der Waals surface area contributed by atoms with Crippen molar-refractivity contribution < 1.29 is 4.42 Å². The summed E-state index contributed by atoms with van der Waals surface area (Å²) < 4.78 is 5.28. The van der Waals surface area contributed by atoms with Crippen molar-refractivity contribution in [2.24, 2.45) is 0 Å². The molecule has 0 radical (unpaired) electrons. The number of nitrogens with one attached hydrogen (secondary N) is 1. The summed E-state index contributed by atoms with van der Waals surface area (Å²) in [6.07, 6.45) is 4.80. The third kappa shape index (κ3) is 3.85. The third-order valence-corrected chi connectivity index (χ3v) is 4.08. The van der Waals surface area contributed by atoms with E-state index in [1.807, 2.05) is 19.2 Å². The van der Waals surface area contributed by atoms with E-state index in [0.717, 1.165) is 28.6 Å². The second-order valence-corrected chi connectivity index (χ2v) is 5.61. The van der Waals surface area contributed by atoms with Crippen molar-refractivity contribution in [2.75, 3.05) is 6.54 Å². The molecule has 2 aromatic rings. The molecule has 2 rings (SSSR count). The summed E-state index contributed by atoms with van der Waals surface area (Å²) in [6.45, 7) is 7.34. The zero-order valence-electron chi connectivity index (χ0n) is 11.6. The minimum atomic E-state index is 0.349. The van der Waals surface area contributed by atoms with Crippen molar-refractivity contribution in [3.05, 3.63) is 42.0 Å². The van der Waals surface area contributed by atoms with Crippen LogP contribution in [-0.4, -0.2) is 11.5 Å². The van der Waals surface area contributed by atoms with E-state index in [4.69, 9.17) is 4.42 Å². The molecule has 0 aromatic carbocycles. The topological polar surface area (TPSA) is 38.1 Å². The van der Waals surface area contributed by atoms with Gasteiger partial charge in [-0.15, -0.1) is 0 Å². The predicted molar refractivity (Wildman–Crippen MR) is 78.5 cm³/mol. The van der Waals surface area contributed by atoms with Crippen molar-refractivity contribution in [2.45, 2.75) is 43.2 Å². The van der Waals surface area contributed by atoms with Crippen LogP contribution in [0.3, 0.4) is 0 Å². The zero-order valence-corrected chi connectivity index (χ0v) is 12.5. The van der Waals surface area contributed by atoms with Crippen LogP contribution in [0.25, 0.3) is 0 Å². The van der Waals surface area contributed by atoms with Crippen LogP contribution in [0.1, 0.15) is 37.6 Å². The molecular formula is C15H20N2OS. The van der Waals surface area contributed by atoms with Gasteiger partial charge in [0.2, 0.25) is 0 Å². The minimum absolute atomic E-state index is 0.349. The largest absolute Gasteiger partial charge is 0.468 e. The third-order valence-electron chi connectivity index (χ3n) is 2.99. The highest BCUT2D eigenvalue weighted by Crippen LogP contribution is 2.29. The Labute approximate surface area is 118 Å². The first-order chi connectivity index (χ1) is 9.20. The van der Waals surface area contributed by atoms with Gasteiger partial charge in [-0.05, 0) is 44.5 Å². The van der Waals surface area contributed by atoms with Gasteiger partial charge in [0.25, 0.3) is 0 Å². The maximum absolute atomic E-state index is 5.28. The molecule has 0 spiro atoms. The standard InChI is InChI=1S/C15H20N2OS/c1-4-8-16-11(2)13-5-6-15(17-10-13)19-14-7-9-18-12(14)3/h5-7,9-11,16H,4,8H2,1-3H3. The van der Waals surface area contributed by atoms with Gasteiger partial charge in [-0.25, -0.2) is 4.98 Å². The van der Waals surface area contributed by atoms with Crippen LogP contribution in [0, 0.1) is 6.92 Å². The normalized spacial score (nSPS) is 12.6. The lowest BCUT2D eigenvalue weighted by Crippen LogP contribution is -2.19. The summed E-state index contributed by atoms with van der Waals surface area (Å²) in [5.74, 6) is 0.939. The molecule has 3 nitrogen and oxygen atoms in total. The Bertz CT molecular complexity index is 507. The molecular weight excluding hydrogens is 256 g/mol. The van der Waals surface area contributed by atoms with E-state index in [1.165, 1.54) is 5.56 Å². The van der Waals surface area contributed by atoms with Gasteiger partial charge in [-0.3, -0.25) is 0 Å². The molecule has 0 aliphatic heterocycles. The van der Waals surface area contributed by atoms with Crippen molar-refractivity contribution >= 4 is 11.8 Å². The van der Waals surface area contributed by atoms with Crippen LogP contribution in [0.2, 0.25) is 0 Å². The number of rotatable bonds is 6. The summed E-state index contributed by atoms with van der Waals surface area (Å²) in [5, 5.41) is 4.46. The van der Waals surface area contributed by atoms with Crippen molar-refractivity contribution in [3.63, 3.8) is 0 Å². The fourth-order valence-corrected chi connectivity index (χ4v) is 2.56. The number of aromatic nitrogens is 1. The van der Waals surface area contributed by atoms with E-state index in [0.29, 0.717) is 6.04 Å². The first-order valence-electron chi connectivity index (χ1n) is 6.62. The summed E-state index contributed by atoms with van der Waals surface area (Å²) in [4.78, 5) is 5.63. The molecule has 0 aliphatic carbocycles. The van der Waals surface area contributed by atoms with Gasteiger partial charge in [-0.1, -0.05) is 24.8 Å². The Kier molecular flexibility index (Phi) is 5.05. The molecule has 0 aliphatic rings.